The number of hydrazine groups is 2. The van der Waals surface area contributed by atoms with E-state index in [0.29, 0.717) is 0 Å². The molecule has 0 saturated heterocycles. The molecule has 0 saturated carbocycles. The maximum Gasteiger partial charge on any atom is 0.139 e. The summed E-state index contributed by atoms with van der Waals surface area (Å²) >= 11 is 0. The van der Waals surface area contributed by atoms with Crippen molar-refractivity contribution in [3.63, 3.8) is 0 Å². The fraction of sp³-hybridized carbons (Fsp3) is 0.500. The van der Waals surface area contributed by atoms with Crippen LogP contribution in [0.2, 0.25) is 0 Å². The van der Waals surface area contributed by atoms with Gasteiger partial charge in [0, 0.05) is 12.5 Å². The van der Waals surface area contributed by atoms with E-state index in [9.17, 15) is 0 Å². The van der Waals surface area contributed by atoms with Crippen molar-refractivity contribution >= 4 is 5.84 Å². The highest BCUT2D eigenvalue weighted by molar-refractivity contribution is 5.82. The molecule has 0 amide bonds. The Bertz CT molecular complexity index is 164. The van der Waals surface area contributed by atoms with Gasteiger partial charge in [-0.15, -0.1) is 17.2 Å². The summed E-state index contributed by atoms with van der Waals surface area (Å²) in [6.45, 7) is 3.59. The second-order valence-corrected chi connectivity index (χ2v) is 2.36. The van der Waals surface area contributed by atoms with Gasteiger partial charge < -0.3 is 5.73 Å². The summed E-state index contributed by atoms with van der Waals surface area (Å²) in [4.78, 5) is 0. The first-order valence-electron chi connectivity index (χ1n) is 3.53. The third-order valence-electron chi connectivity index (χ3n) is 1.47. The maximum absolute atomic E-state index is 5.61. The zero-order valence-corrected chi connectivity index (χ0v) is 6.30. The van der Waals surface area contributed by atoms with E-state index in [-0.39, 0.29) is 6.04 Å². The normalized spacial score (nSPS) is 18.1. The summed E-state index contributed by atoms with van der Waals surface area (Å²) in [5, 5.41) is 3.90. The van der Waals surface area contributed by atoms with Crippen molar-refractivity contribution in [2.24, 2.45) is 10.8 Å². The molecule has 0 aromatic rings. The minimum absolute atomic E-state index is 0.0556. The molecule has 0 fully saturated rings. The molecule has 0 radical (unpaired) electrons. The van der Waals surface area contributed by atoms with E-state index in [1.165, 1.54) is 0 Å². The zero-order chi connectivity index (χ0) is 8.10. The lowest BCUT2D eigenvalue weighted by Crippen LogP contribution is -2.35. The Morgan fingerprint density at radius 3 is 3.09 bits per heavy atom. The largest absolute Gasteiger partial charge is 0.324 e. The number of rotatable bonds is 4. The summed E-state index contributed by atoms with van der Waals surface area (Å²) in [5.41, 5.74) is 13.7. The molecule has 0 aromatic heterocycles. The summed E-state index contributed by atoms with van der Waals surface area (Å²) in [6, 6.07) is 0.0556. The number of hydrazone groups is 1. The van der Waals surface area contributed by atoms with Crippen molar-refractivity contribution in [2.75, 3.05) is 0 Å². The van der Waals surface area contributed by atoms with Gasteiger partial charge in [-0.05, 0) is 6.42 Å². The molecule has 5 N–H and O–H groups in total. The van der Waals surface area contributed by atoms with Gasteiger partial charge in [-0.2, -0.15) is 0 Å². The van der Waals surface area contributed by atoms with Crippen LogP contribution < -0.4 is 22.2 Å². The minimum Gasteiger partial charge on any atom is -0.324 e. The van der Waals surface area contributed by atoms with Gasteiger partial charge >= 0.3 is 0 Å². The van der Waals surface area contributed by atoms with E-state index < -0.39 is 0 Å². The Balaban J connectivity index is 2.16. The third-order valence-corrected chi connectivity index (χ3v) is 1.47. The molecular formula is C6H13N5. The molecule has 1 heterocycles. The van der Waals surface area contributed by atoms with Gasteiger partial charge in [0.05, 0.1) is 0 Å². The first-order chi connectivity index (χ1) is 5.33. The summed E-state index contributed by atoms with van der Waals surface area (Å²) in [6.07, 6.45) is 3.42. The van der Waals surface area contributed by atoms with Crippen molar-refractivity contribution < 1.29 is 0 Å². The highest BCUT2D eigenvalue weighted by Crippen LogP contribution is 1.96. The predicted octanol–water partition coefficient (Wildman–Crippen LogP) is -0.794. The number of amidine groups is 1. The molecule has 11 heavy (non-hydrogen) atoms. The highest BCUT2D eigenvalue weighted by atomic mass is 15.8. The standard InChI is InChI=1S/C6H13N5/c1-2-5(7)3-4-6-8-10-11-9-6/h2,5,10-11H,1,3-4,7H2,(H,8,9). The third kappa shape index (κ3) is 2.57. The molecule has 5 heteroatoms. The lowest BCUT2D eigenvalue weighted by Gasteiger charge is -2.04. The number of hydrogen-bond acceptors (Lipinski definition) is 5. The quantitative estimate of drug-likeness (QED) is 0.401. The van der Waals surface area contributed by atoms with Crippen molar-refractivity contribution in [2.45, 2.75) is 18.9 Å². The second-order valence-electron chi connectivity index (χ2n) is 2.36. The average molecular weight is 155 g/mol. The summed E-state index contributed by atoms with van der Waals surface area (Å²) in [7, 11) is 0. The first-order valence-corrected chi connectivity index (χ1v) is 3.53. The molecule has 5 nitrogen and oxygen atoms in total. The predicted molar refractivity (Wildman–Crippen MR) is 44.2 cm³/mol. The van der Waals surface area contributed by atoms with Crippen LogP contribution in [0.25, 0.3) is 0 Å². The van der Waals surface area contributed by atoms with E-state index in [0.717, 1.165) is 18.7 Å². The molecule has 1 aliphatic rings. The van der Waals surface area contributed by atoms with E-state index >= 15 is 0 Å². The van der Waals surface area contributed by atoms with Crippen LogP contribution in [0.1, 0.15) is 12.8 Å². The molecule has 0 spiro atoms. The molecule has 62 valence electrons. The number of nitrogens with one attached hydrogen (secondary N) is 3. The van der Waals surface area contributed by atoms with Gasteiger partial charge in [0.25, 0.3) is 0 Å². The molecule has 1 aliphatic heterocycles. The molecule has 0 aliphatic carbocycles. The van der Waals surface area contributed by atoms with Crippen molar-refractivity contribution in [3.8, 4) is 0 Å². The topological polar surface area (TPSA) is 74.5 Å². The van der Waals surface area contributed by atoms with Crippen LogP contribution in [0.5, 0.6) is 0 Å². The van der Waals surface area contributed by atoms with Crippen molar-refractivity contribution in [3.05, 3.63) is 12.7 Å². The molecule has 1 atom stereocenters. The molecule has 1 rings (SSSR count). The minimum atomic E-state index is 0.0556. The average Bonchev–Trinajstić information content (AvgIpc) is 2.52. The zero-order valence-electron chi connectivity index (χ0n) is 6.30. The fourth-order valence-electron chi connectivity index (χ4n) is 0.763. The van der Waals surface area contributed by atoms with E-state index in [4.69, 9.17) is 5.73 Å². The summed E-state index contributed by atoms with van der Waals surface area (Å²) in [5.74, 6) is 0.877. The van der Waals surface area contributed by atoms with Crippen LogP contribution in [0.15, 0.2) is 17.8 Å². The SMILES string of the molecule is C=CC(N)CCC1=NNNN1. The van der Waals surface area contributed by atoms with Crippen LogP contribution in [0.3, 0.4) is 0 Å². The summed E-state index contributed by atoms with van der Waals surface area (Å²) < 4.78 is 0. The smallest absolute Gasteiger partial charge is 0.139 e. The van der Waals surface area contributed by atoms with E-state index in [2.05, 4.69) is 28.2 Å². The maximum atomic E-state index is 5.61. The Morgan fingerprint density at radius 2 is 2.55 bits per heavy atom. The Hall–Kier alpha value is -1.07. The van der Waals surface area contributed by atoms with E-state index in [1.807, 2.05) is 0 Å². The monoisotopic (exact) mass is 155 g/mol. The first kappa shape index (κ1) is 8.03. The molecule has 0 bridgehead atoms. The van der Waals surface area contributed by atoms with Crippen LogP contribution in [-0.4, -0.2) is 11.9 Å². The lowest BCUT2D eigenvalue weighted by molar-refractivity contribution is 0.575. The van der Waals surface area contributed by atoms with Gasteiger partial charge in [-0.1, -0.05) is 6.08 Å². The van der Waals surface area contributed by atoms with Crippen LogP contribution >= 0.6 is 0 Å². The van der Waals surface area contributed by atoms with Crippen LogP contribution in [0.4, 0.5) is 0 Å². The van der Waals surface area contributed by atoms with Crippen molar-refractivity contribution in [1.29, 1.82) is 0 Å². The molecule has 1 unspecified atom stereocenters. The van der Waals surface area contributed by atoms with Gasteiger partial charge in [0.1, 0.15) is 5.84 Å². The van der Waals surface area contributed by atoms with Gasteiger partial charge in [-0.25, -0.2) is 5.53 Å². The van der Waals surface area contributed by atoms with Crippen molar-refractivity contribution in [1.82, 2.24) is 16.5 Å². The number of nitrogens with zero attached hydrogens (tertiary/aromatic N) is 1. The van der Waals surface area contributed by atoms with Crippen LogP contribution in [0, 0.1) is 0 Å². The number of hydrogen-bond donors (Lipinski definition) is 4. The Morgan fingerprint density at radius 1 is 1.73 bits per heavy atom. The second kappa shape index (κ2) is 3.95. The van der Waals surface area contributed by atoms with E-state index in [1.54, 1.807) is 6.08 Å². The Labute approximate surface area is 65.7 Å². The van der Waals surface area contributed by atoms with Gasteiger partial charge in [0.2, 0.25) is 0 Å². The number of nitrogens with two attached hydrogens (primary N) is 1. The molecule has 0 aromatic carbocycles. The van der Waals surface area contributed by atoms with Gasteiger partial charge in [0.15, 0.2) is 0 Å². The Kier molecular flexibility index (Phi) is 2.88. The highest BCUT2D eigenvalue weighted by Gasteiger charge is 2.05. The van der Waals surface area contributed by atoms with Crippen LogP contribution in [-0.2, 0) is 0 Å². The lowest BCUT2D eigenvalue weighted by atomic mass is 10.1. The molecular weight excluding hydrogens is 142 g/mol. The fourth-order valence-corrected chi connectivity index (χ4v) is 0.763. The van der Waals surface area contributed by atoms with Gasteiger partial charge in [-0.3, -0.25) is 5.43 Å².